The van der Waals surface area contributed by atoms with Crippen LogP contribution in [-0.4, -0.2) is 35.0 Å². The monoisotopic (exact) mass is 389 g/mol. The van der Waals surface area contributed by atoms with E-state index in [1.807, 2.05) is 54.9 Å². The van der Waals surface area contributed by atoms with Gasteiger partial charge in [0.1, 0.15) is 5.01 Å². The van der Waals surface area contributed by atoms with Crippen LogP contribution in [0.25, 0.3) is 11.3 Å². The zero-order chi connectivity index (χ0) is 19.5. The van der Waals surface area contributed by atoms with Crippen LogP contribution >= 0.6 is 11.3 Å². The summed E-state index contributed by atoms with van der Waals surface area (Å²) >= 11 is 1.58. The molecular weight excluding hydrogens is 370 g/mol. The number of aliphatic imine (C=N–C) groups is 2. The molecule has 0 spiro atoms. The van der Waals surface area contributed by atoms with Gasteiger partial charge in [0, 0.05) is 42.3 Å². The third-order valence-corrected chi connectivity index (χ3v) is 5.58. The van der Waals surface area contributed by atoms with Crippen LogP contribution in [0.1, 0.15) is 35.0 Å². The van der Waals surface area contributed by atoms with Crippen LogP contribution < -0.4 is 5.32 Å². The summed E-state index contributed by atoms with van der Waals surface area (Å²) < 4.78 is 0. The zero-order valence-corrected chi connectivity index (χ0v) is 16.4. The Labute approximate surface area is 167 Å². The molecule has 2 aromatic heterocycles. The number of hydrogen-bond donors (Lipinski definition) is 1. The fourth-order valence-corrected chi connectivity index (χ4v) is 4.35. The second-order valence-electron chi connectivity index (χ2n) is 6.52. The van der Waals surface area contributed by atoms with Gasteiger partial charge in [-0.2, -0.15) is 0 Å². The number of nitrogens with one attached hydrogen (secondary N) is 1. The molecule has 0 saturated heterocycles. The van der Waals surface area contributed by atoms with Crippen LogP contribution in [0.15, 0.2) is 64.2 Å². The minimum atomic E-state index is -0.326. The van der Waals surface area contributed by atoms with Crippen molar-refractivity contribution in [2.75, 3.05) is 7.05 Å². The molecule has 0 bridgehead atoms. The van der Waals surface area contributed by atoms with Crippen LogP contribution in [0, 0.1) is 0 Å². The van der Waals surface area contributed by atoms with Gasteiger partial charge in [0.25, 0.3) is 0 Å². The Kier molecular flexibility index (Phi) is 5.08. The minimum Gasteiger partial charge on any atom is -0.328 e. The van der Waals surface area contributed by atoms with Crippen LogP contribution in [0.5, 0.6) is 0 Å². The van der Waals surface area contributed by atoms with Crippen LogP contribution in [-0.2, 0) is 0 Å². The topological polar surface area (TPSA) is 79.6 Å². The lowest BCUT2D eigenvalue weighted by Crippen LogP contribution is -2.38. The van der Waals surface area contributed by atoms with Crippen LogP contribution in [0.3, 0.4) is 0 Å². The predicted octanol–water partition coefficient (Wildman–Crippen LogP) is 4.26. The lowest BCUT2D eigenvalue weighted by Gasteiger charge is -2.29. The fraction of sp³-hybridized carbons (Fsp3) is 0.190. The molecule has 28 heavy (non-hydrogen) atoms. The van der Waals surface area contributed by atoms with Crippen molar-refractivity contribution in [2.45, 2.75) is 18.9 Å². The number of pyridine rings is 1. The first-order valence-electron chi connectivity index (χ1n) is 8.89. The molecule has 1 aliphatic heterocycles. The number of benzene rings is 1. The predicted molar refractivity (Wildman–Crippen MR) is 112 cm³/mol. The molecule has 2 amide bonds. The molecule has 0 fully saturated rings. The van der Waals surface area contributed by atoms with Crippen LogP contribution in [0.2, 0.25) is 0 Å². The molecule has 0 saturated carbocycles. The standard InChI is InChI=1S/C21H19N5OS/c1-13-18(19(26-21(27)24-13)16-4-3-9-23-11-16)20-25-17(12-28-20)15-7-5-14(6-8-15)10-22-2/h3-12,18-19H,1-2H3,(H,26,27). The largest absolute Gasteiger partial charge is 0.341 e. The summed E-state index contributed by atoms with van der Waals surface area (Å²) in [5, 5.41) is 5.93. The molecule has 140 valence electrons. The van der Waals surface area contributed by atoms with Gasteiger partial charge in [0.05, 0.1) is 17.7 Å². The molecule has 0 radical (unpaired) electrons. The maximum absolute atomic E-state index is 12.0. The molecule has 1 aliphatic rings. The quantitative estimate of drug-likeness (QED) is 0.677. The Bertz CT molecular complexity index is 1040. The summed E-state index contributed by atoms with van der Waals surface area (Å²) in [5.41, 5.74) is 4.71. The van der Waals surface area contributed by atoms with Crippen molar-refractivity contribution in [3.63, 3.8) is 0 Å². The normalized spacial score (nSPS) is 19.5. The Morgan fingerprint density at radius 1 is 1.21 bits per heavy atom. The van der Waals surface area contributed by atoms with E-state index in [1.165, 1.54) is 0 Å². The van der Waals surface area contributed by atoms with Gasteiger partial charge >= 0.3 is 6.03 Å². The Morgan fingerprint density at radius 3 is 2.75 bits per heavy atom. The molecule has 2 atom stereocenters. The van der Waals surface area contributed by atoms with Gasteiger partial charge in [0.15, 0.2) is 0 Å². The summed E-state index contributed by atoms with van der Waals surface area (Å²) in [6.07, 6.45) is 5.32. The highest BCUT2D eigenvalue weighted by atomic mass is 32.1. The van der Waals surface area contributed by atoms with Crippen molar-refractivity contribution in [2.24, 2.45) is 9.98 Å². The highest BCUT2D eigenvalue weighted by molar-refractivity contribution is 7.10. The van der Waals surface area contributed by atoms with Crippen molar-refractivity contribution in [3.05, 3.63) is 70.3 Å². The molecule has 1 aromatic carbocycles. The fourth-order valence-electron chi connectivity index (χ4n) is 3.33. The third-order valence-electron chi connectivity index (χ3n) is 4.66. The van der Waals surface area contributed by atoms with E-state index in [4.69, 9.17) is 4.98 Å². The Hall–Kier alpha value is -3.19. The van der Waals surface area contributed by atoms with E-state index >= 15 is 0 Å². The van der Waals surface area contributed by atoms with Crippen LogP contribution in [0.4, 0.5) is 4.79 Å². The lowest BCUT2D eigenvalue weighted by molar-refractivity contribution is 0.243. The van der Waals surface area contributed by atoms with E-state index in [0.717, 1.165) is 33.1 Å². The van der Waals surface area contributed by atoms with Gasteiger partial charge < -0.3 is 5.32 Å². The number of hydrogen-bond acceptors (Lipinski definition) is 5. The van der Waals surface area contributed by atoms with Crippen molar-refractivity contribution < 1.29 is 4.79 Å². The van der Waals surface area contributed by atoms with E-state index < -0.39 is 0 Å². The third kappa shape index (κ3) is 3.61. The van der Waals surface area contributed by atoms with E-state index in [2.05, 4.69) is 20.3 Å². The molecule has 4 rings (SSSR count). The number of carbonyl (C=O) groups is 1. The number of aromatic nitrogens is 2. The number of rotatable bonds is 4. The van der Waals surface area contributed by atoms with Crippen molar-refractivity contribution in [3.8, 4) is 11.3 Å². The molecule has 6 nitrogen and oxygen atoms in total. The van der Waals surface area contributed by atoms with E-state index in [0.29, 0.717) is 0 Å². The van der Waals surface area contributed by atoms with E-state index in [1.54, 1.807) is 30.8 Å². The van der Waals surface area contributed by atoms with Gasteiger partial charge in [-0.25, -0.2) is 14.8 Å². The van der Waals surface area contributed by atoms with Crippen molar-refractivity contribution in [1.29, 1.82) is 0 Å². The highest BCUT2D eigenvalue weighted by Crippen LogP contribution is 2.37. The molecule has 3 aromatic rings. The second-order valence-corrected chi connectivity index (χ2v) is 7.41. The van der Waals surface area contributed by atoms with Crippen molar-refractivity contribution >= 4 is 29.3 Å². The summed E-state index contributed by atoms with van der Waals surface area (Å²) in [4.78, 5) is 29.2. The number of thiazole rings is 1. The maximum atomic E-state index is 12.0. The molecule has 7 heteroatoms. The zero-order valence-electron chi connectivity index (χ0n) is 15.5. The lowest BCUT2D eigenvalue weighted by atomic mass is 9.89. The minimum absolute atomic E-state index is 0.118. The average Bonchev–Trinajstić information content (AvgIpc) is 3.18. The number of carbonyl (C=O) groups excluding carboxylic acids is 1. The molecule has 2 unspecified atom stereocenters. The molecular formula is C21H19N5OS. The SMILES string of the molecule is CN=Cc1ccc(-c2csc(C3C(C)=NC(=O)NC3c3cccnc3)n2)cc1. The second kappa shape index (κ2) is 7.82. The first-order chi connectivity index (χ1) is 13.7. The Morgan fingerprint density at radius 2 is 2.04 bits per heavy atom. The summed E-state index contributed by atoms with van der Waals surface area (Å²) in [6.45, 7) is 1.88. The van der Waals surface area contributed by atoms with E-state index in [9.17, 15) is 4.79 Å². The van der Waals surface area contributed by atoms with Crippen molar-refractivity contribution in [1.82, 2.24) is 15.3 Å². The van der Waals surface area contributed by atoms with Gasteiger partial charge in [-0.05, 0) is 24.1 Å². The van der Waals surface area contributed by atoms with E-state index in [-0.39, 0.29) is 18.0 Å². The summed E-state index contributed by atoms with van der Waals surface area (Å²) in [7, 11) is 1.76. The van der Waals surface area contributed by atoms with Gasteiger partial charge in [-0.1, -0.05) is 30.3 Å². The first-order valence-corrected chi connectivity index (χ1v) is 9.77. The smallest absolute Gasteiger partial charge is 0.328 e. The number of amides is 2. The molecule has 3 heterocycles. The van der Waals surface area contributed by atoms with Gasteiger partial charge in [-0.3, -0.25) is 9.98 Å². The first kappa shape index (κ1) is 18.2. The molecule has 1 N–H and O–H groups in total. The Balaban J connectivity index is 1.69. The summed E-state index contributed by atoms with van der Waals surface area (Å²) in [6, 6.07) is 11.4. The maximum Gasteiger partial charge on any atom is 0.341 e. The summed E-state index contributed by atoms with van der Waals surface area (Å²) in [5.74, 6) is -0.118. The highest BCUT2D eigenvalue weighted by Gasteiger charge is 2.35. The molecule has 0 aliphatic carbocycles. The average molecular weight is 389 g/mol. The van der Waals surface area contributed by atoms with Gasteiger partial charge in [-0.15, -0.1) is 11.3 Å². The van der Waals surface area contributed by atoms with Gasteiger partial charge in [0.2, 0.25) is 0 Å². The number of urea groups is 1. The number of nitrogens with zero attached hydrogens (tertiary/aromatic N) is 4.